The molecule has 0 aliphatic rings. The first-order chi connectivity index (χ1) is 10.1. The van der Waals surface area contributed by atoms with Crippen molar-refractivity contribution in [2.45, 2.75) is 30.1 Å². The fourth-order valence-electron chi connectivity index (χ4n) is 1.59. The molecule has 3 N–H and O–H groups in total. The van der Waals surface area contributed by atoms with Gasteiger partial charge in [0.05, 0.1) is 9.79 Å². The summed E-state index contributed by atoms with van der Waals surface area (Å²) in [6.07, 6.45) is 0.557. The molecule has 7 nitrogen and oxygen atoms in total. The third kappa shape index (κ3) is 6.41. The highest BCUT2D eigenvalue weighted by molar-refractivity contribution is 7.89. The summed E-state index contributed by atoms with van der Waals surface area (Å²) in [5.41, 5.74) is 0. The zero-order chi connectivity index (χ0) is 16.8. The maximum absolute atomic E-state index is 12.0. The zero-order valence-electron chi connectivity index (χ0n) is 12.7. The van der Waals surface area contributed by atoms with E-state index in [1.54, 1.807) is 0 Å². The van der Waals surface area contributed by atoms with Crippen LogP contribution in [-0.4, -0.2) is 36.6 Å². The van der Waals surface area contributed by atoms with Crippen LogP contribution in [-0.2, 0) is 24.8 Å². The van der Waals surface area contributed by atoms with E-state index in [-0.39, 0.29) is 16.3 Å². The van der Waals surface area contributed by atoms with E-state index < -0.39 is 20.0 Å². The Balaban J connectivity index is 2.53. The smallest absolute Gasteiger partial charge is 0.240 e. The van der Waals surface area contributed by atoms with Crippen molar-refractivity contribution in [1.82, 2.24) is 4.72 Å². The van der Waals surface area contributed by atoms with E-state index in [4.69, 9.17) is 9.88 Å². The van der Waals surface area contributed by atoms with Gasteiger partial charge in [-0.25, -0.2) is 26.7 Å². The highest BCUT2D eigenvalue weighted by Crippen LogP contribution is 2.13. The van der Waals surface area contributed by atoms with Gasteiger partial charge in [0.1, 0.15) is 0 Å². The van der Waals surface area contributed by atoms with E-state index >= 15 is 0 Å². The van der Waals surface area contributed by atoms with Crippen molar-refractivity contribution in [3.8, 4) is 0 Å². The number of benzene rings is 1. The van der Waals surface area contributed by atoms with Crippen LogP contribution in [0.5, 0.6) is 0 Å². The number of hydrogen-bond acceptors (Lipinski definition) is 5. The van der Waals surface area contributed by atoms with Crippen LogP contribution in [0, 0.1) is 5.92 Å². The molecule has 0 amide bonds. The minimum atomic E-state index is -3.83. The lowest BCUT2D eigenvalue weighted by Crippen LogP contribution is -2.25. The van der Waals surface area contributed by atoms with Gasteiger partial charge in [0.15, 0.2) is 0 Å². The Bertz CT molecular complexity index is 667. The summed E-state index contributed by atoms with van der Waals surface area (Å²) in [7, 11) is -7.50. The molecule has 0 spiro atoms. The summed E-state index contributed by atoms with van der Waals surface area (Å²) in [6, 6.07) is 4.74. The van der Waals surface area contributed by atoms with Crippen LogP contribution in [0.15, 0.2) is 34.1 Å². The molecule has 0 unspecified atom stereocenters. The highest BCUT2D eigenvalue weighted by atomic mass is 32.2. The molecule has 1 aromatic carbocycles. The number of rotatable bonds is 9. The monoisotopic (exact) mass is 350 g/mol. The molecule has 0 saturated heterocycles. The summed E-state index contributed by atoms with van der Waals surface area (Å²) in [4.78, 5) is -0.142. The summed E-state index contributed by atoms with van der Waals surface area (Å²) in [5, 5.41) is 4.96. The van der Waals surface area contributed by atoms with Gasteiger partial charge in [-0.1, -0.05) is 13.8 Å². The Labute approximate surface area is 132 Å². The Kier molecular flexibility index (Phi) is 6.95. The maximum atomic E-state index is 12.0. The van der Waals surface area contributed by atoms with Crippen LogP contribution in [0.4, 0.5) is 0 Å². The number of nitrogens with two attached hydrogens (primary N) is 1. The van der Waals surface area contributed by atoms with E-state index in [0.29, 0.717) is 25.6 Å². The molecule has 1 aromatic rings. The van der Waals surface area contributed by atoms with E-state index in [0.717, 1.165) is 12.1 Å². The Morgan fingerprint density at radius 2 is 1.64 bits per heavy atom. The first-order valence-electron chi connectivity index (χ1n) is 6.83. The molecule has 0 radical (unpaired) electrons. The Morgan fingerprint density at radius 1 is 1.09 bits per heavy atom. The fourth-order valence-corrected chi connectivity index (χ4v) is 3.18. The van der Waals surface area contributed by atoms with Crippen LogP contribution >= 0.6 is 0 Å². The molecule has 0 aliphatic heterocycles. The van der Waals surface area contributed by atoms with E-state index in [2.05, 4.69) is 4.72 Å². The molecule has 0 fully saturated rings. The van der Waals surface area contributed by atoms with Gasteiger partial charge in [0.25, 0.3) is 0 Å². The largest absolute Gasteiger partial charge is 0.381 e. The van der Waals surface area contributed by atoms with Crippen molar-refractivity contribution < 1.29 is 21.6 Å². The summed E-state index contributed by atoms with van der Waals surface area (Å²) in [6.45, 7) is 5.44. The highest BCUT2D eigenvalue weighted by Gasteiger charge is 2.15. The third-order valence-corrected chi connectivity index (χ3v) is 5.08. The van der Waals surface area contributed by atoms with Crippen LogP contribution in [0.3, 0.4) is 0 Å². The lowest BCUT2D eigenvalue weighted by Gasteiger charge is -2.09. The first kappa shape index (κ1) is 19.0. The number of sulfonamides is 2. The average molecular weight is 350 g/mol. The van der Waals surface area contributed by atoms with E-state index in [9.17, 15) is 16.8 Å². The topological polar surface area (TPSA) is 116 Å². The Morgan fingerprint density at radius 3 is 2.14 bits per heavy atom. The van der Waals surface area contributed by atoms with Gasteiger partial charge >= 0.3 is 0 Å². The number of ether oxygens (including phenoxy) is 1. The molecular weight excluding hydrogens is 328 g/mol. The third-order valence-electron chi connectivity index (χ3n) is 2.67. The average Bonchev–Trinajstić information content (AvgIpc) is 2.41. The van der Waals surface area contributed by atoms with E-state index in [1.807, 2.05) is 13.8 Å². The molecule has 0 bridgehead atoms. The second-order valence-electron chi connectivity index (χ2n) is 5.24. The van der Waals surface area contributed by atoms with Gasteiger partial charge in [-0.05, 0) is 36.6 Å². The number of nitrogens with one attached hydrogen (secondary N) is 1. The minimum Gasteiger partial charge on any atom is -0.381 e. The maximum Gasteiger partial charge on any atom is 0.240 e. The Hall–Kier alpha value is -1.00. The second-order valence-corrected chi connectivity index (χ2v) is 8.56. The fraction of sp³-hybridized carbons (Fsp3) is 0.538. The van der Waals surface area contributed by atoms with Gasteiger partial charge < -0.3 is 4.74 Å². The molecular formula is C13H22N2O5S2. The van der Waals surface area contributed by atoms with Crippen molar-refractivity contribution >= 4 is 20.0 Å². The van der Waals surface area contributed by atoms with Gasteiger partial charge in [-0.2, -0.15) is 0 Å². The standard InChI is InChI=1S/C13H22N2O5S2/c1-11(2)10-20-9-3-8-15-22(18,19)13-6-4-12(5-7-13)21(14,16)17/h4-7,11,15H,3,8-10H2,1-2H3,(H2,14,16,17). The number of hydrogen-bond donors (Lipinski definition) is 2. The van der Waals surface area contributed by atoms with Gasteiger partial charge in [-0.15, -0.1) is 0 Å². The van der Waals surface area contributed by atoms with Gasteiger partial charge in [0.2, 0.25) is 20.0 Å². The van der Waals surface area contributed by atoms with Gasteiger partial charge in [-0.3, -0.25) is 0 Å². The first-order valence-corrected chi connectivity index (χ1v) is 9.86. The molecule has 0 atom stereocenters. The number of primary sulfonamides is 1. The lowest BCUT2D eigenvalue weighted by molar-refractivity contribution is 0.108. The molecule has 9 heteroatoms. The molecule has 1 rings (SSSR count). The van der Waals surface area contributed by atoms with Crippen molar-refractivity contribution in [3.05, 3.63) is 24.3 Å². The molecule has 0 aliphatic carbocycles. The zero-order valence-corrected chi connectivity index (χ0v) is 14.3. The van der Waals surface area contributed by atoms with Crippen molar-refractivity contribution in [2.24, 2.45) is 11.1 Å². The van der Waals surface area contributed by atoms with Crippen LogP contribution in [0.1, 0.15) is 20.3 Å². The summed E-state index contributed by atoms with van der Waals surface area (Å²) < 4.78 is 54.0. The summed E-state index contributed by atoms with van der Waals surface area (Å²) in [5.74, 6) is 0.439. The quantitative estimate of drug-likeness (QED) is 0.635. The van der Waals surface area contributed by atoms with E-state index in [1.165, 1.54) is 12.1 Å². The second kappa shape index (κ2) is 8.02. The van der Waals surface area contributed by atoms with Gasteiger partial charge in [0, 0.05) is 19.8 Å². The predicted molar refractivity (Wildman–Crippen MR) is 83.3 cm³/mol. The molecule has 0 saturated carbocycles. The van der Waals surface area contributed by atoms with Crippen LogP contribution in [0.2, 0.25) is 0 Å². The van der Waals surface area contributed by atoms with Crippen molar-refractivity contribution in [2.75, 3.05) is 19.8 Å². The molecule has 0 aromatic heterocycles. The normalized spacial score (nSPS) is 12.7. The van der Waals surface area contributed by atoms with Crippen LogP contribution in [0.25, 0.3) is 0 Å². The predicted octanol–water partition coefficient (Wildman–Crippen LogP) is 0.675. The van der Waals surface area contributed by atoms with Crippen LogP contribution < -0.4 is 9.86 Å². The summed E-state index contributed by atoms with van der Waals surface area (Å²) >= 11 is 0. The van der Waals surface area contributed by atoms with Crippen molar-refractivity contribution in [3.63, 3.8) is 0 Å². The SMILES string of the molecule is CC(C)COCCCNS(=O)(=O)c1ccc(S(N)(=O)=O)cc1. The lowest BCUT2D eigenvalue weighted by atomic mass is 10.2. The molecule has 0 heterocycles. The minimum absolute atomic E-state index is 0.0111. The molecule has 126 valence electrons. The molecule has 22 heavy (non-hydrogen) atoms. The van der Waals surface area contributed by atoms with Crippen molar-refractivity contribution in [1.29, 1.82) is 0 Å².